The number of aliphatic hydroxyl groups is 1. The average molecular weight is 411 g/mol. The Kier molecular flexibility index (Phi) is 5.53. The van der Waals surface area contributed by atoms with E-state index in [-0.39, 0.29) is 40.0 Å². The Bertz CT molecular complexity index is 1230. The zero-order chi connectivity index (χ0) is 22.2. The van der Waals surface area contributed by atoms with Gasteiger partial charge in [-0.25, -0.2) is 4.79 Å². The smallest absolute Gasteiger partial charge is 0.364 e. The summed E-state index contributed by atoms with van der Waals surface area (Å²) in [7, 11) is 0. The molecule has 0 spiro atoms. The van der Waals surface area contributed by atoms with Crippen LogP contribution in [0.5, 0.6) is 17.2 Å². The Balaban J connectivity index is 1.97. The lowest BCUT2D eigenvalue weighted by molar-refractivity contribution is 0.102. The molecule has 3 aromatic rings. The van der Waals surface area contributed by atoms with Crippen molar-refractivity contribution in [3.05, 3.63) is 69.6 Å². The Morgan fingerprint density at radius 1 is 1.17 bits per heavy atom. The van der Waals surface area contributed by atoms with Crippen molar-refractivity contribution in [1.29, 1.82) is 0 Å². The maximum absolute atomic E-state index is 12.7. The maximum Gasteiger partial charge on any atom is 0.364 e. The van der Waals surface area contributed by atoms with Crippen molar-refractivity contribution in [3.8, 4) is 17.2 Å². The Morgan fingerprint density at radius 2 is 1.83 bits per heavy atom. The van der Waals surface area contributed by atoms with Crippen molar-refractivity contribution >= 4 is 22.6 Å². The number of hydrogen-bond acceptors (Lipinski definition) is 7. The van der Waals surface area contributed by atoms with Crippen molar-refractivity contribution in [1.82, 2.24) is 0 Å². The molecule has 0 unspecified atom stereocenters. The highest BCUT2D eigenvalue weighted by Gasteiger charge is 2.20. The monoisotopic (exact) mass is 411 g/mol. The molecule has 3 rings (SSSR count). The van der Waals surface area contributed by atoms with Crippen LogP contribution in [0.4, 0.5) is 5.69 Å². The predicted molar refractivity (Wildman–Crippen MR) is 111 cm³/mol. The first-order chi connectivity index (χ1) is 14.1. The third-order valence-electron chi connectivity index (χ3n) is 4.83. The fourth-order valence-corrected chi connectivity index (χ4v) is 2.94. The van der Waals surface area contributed by atoms with Gasteiger partial charge in [0, 0.05) is 17.5 Å². The number of fused-ring (bicyclic) bond motifs is 1. The summed E-state index contributed by atoms with van der Waals surface area (Å²) in [5.41, 5.74) is -0.234. The summed E-state index contributed by atoms with van der Waals surface area (Å²) in [5.74, 6) is -1.42. The zero-order valence-electron chi connectivity index (χ0n) is 16.4. The van der Waals surface area contributed by atoms with E-state index in [4.69, 9.17) is 4.42 Å². The minimum absolute atomic E-state index is 0.0104. The van der Waals surface area contributed by atoms with Gasteiger partial charge in [-0.05, 0) is 49.7 Å². The SMILES string of the molecule is C=C(C)[C@@H](O)Cc1cc(C(=O)Nc2c(O)c3ccc(O)c(C)c3oc2=O)ccc1O. The molecule has 0 saturated carbocycles. The van der Waals surface area contributed by atoms with Crippen molar-refractivity contribution in [2.45, 2.75) is 26.4 Å². The molecule has 1 amide bonds. The van der Waals surface area contributed by atoms with Crippen LogP contribution in [0.1, 0.15) is 28.4 Å². The van der Waals surface area contributed by atoms with E-state index in [0.29, 0.717) is 11.1 Å². The molecule has 0 saturated heterocycles. The van der Waals surface area contributed by atoms with E-state index in [0.717, 1.165) is 0 Å². The first-order valence-corrected chi connectivity index (χ1v) is 9.05. The summed E-state index contributed by atoms with van der Waals surface area (Å²) in [6, 6.07) is 6.71. The Morgan fingerprint density at radius 3 is 2.50 bits per heavy atom. The van der Waals surface area contributed by atoms with Gasteiger partial charge in [-0.2, -0.15) is 0 Å². The molecule has 0 fully saturated rings. The van der Waals surface area contributed by atoms with Crippen LogP contribution in [0.15, 0.2) is 51.7 Å². The number of benzene rings is 2. The predicted octanol–water partition coefficient (Wildman–Crippen LogP) is 2.95. The Hall–Kier alpha value is -3.78. The number of hydrogen-bond donors (Lipinski definition) is 5. The van der Waals surface area contributed by atoms with E-state index in [1.807, 2.05) is 0 Å². The molecular formula is C22H21NO7. The zero-order valence-corrected chi connectivity index (χ0v) is 16.4. The summed E-state index contributed by atoms with van der Waals surface area (Å²) in [6.45, 7) is 6.81. The number of phenols is 2. The molecule has 2 aromatic carbocycles. The summed E-state index contributed by atoms with van der Waals surface area (Å²) < 4.78 is 5.17. The minimum Gasteiger partial charge on any atom is -0.508 e. The van der Waals surface area contributed by atoms with Gasteiger partial charge in [0.25, 0.3) is 5.91 Å². The van der Waals surface area contributed by atoms with E-state index >= 15 is 0 Å². The third kappa shape index (κ3) is 3.85. The quantitative estimate of drug-likeness (QED) is 0.321. The average Bonchev–Trinajstić information content (AvgIpc) is 2.69. The molecule has 1 aromatic heterocycles. The second kappa shape index (κ2) is 7.92. The second-order valence-electron chi connectivity index (χ2n) is 7.06. The molecular weight excluding hydrogens is 390 g/mol. The van der Waals surface area contributed by atoms with Crippen molar-refractivity contribution < 1.29 is 29.6 Å². The van der Waals surface area contributed by atoms with Crippen molar-refractivity contribution in [2.75, 3.05) is 5.32 Å². The van der Waals surface area contributed by atoms with E-state index in [1.165, 1.54) is 37.3 Å². The molecule has 0 bridgehead atoms. The molecule has 5 N–H and O–H groups in total. The van der Waals surface area contributed by atoms with Crippen LogP contribution >= 0.6 is 0 Å². The van der Waals surface area contributed by atoms with Crippen molar-refractivity contribution in [3.63, 3.8) is 0 Å². The second-order valence-corrected chi connectivity index (χ2v) is 7.06. The number of nitrogens with one attached hydrogen (secondary N) is 1. The van der Waals surface area contributed by atoms with Crippen LogP contribution in [-0.4, -0.2) is 32.4 Å². The molecule has 0 radical (unpaired) electrons. The maximum atomic E-state index is 12.7. The molecule has 1 atom stereocenters. The van der Waals surface area contributed by atoms with Gasteiger partial charge in [0.15, 0.2) is 11.4 Å². The lowest BCUT2D eigenvalue weighted by atomic mass is 10.0. The molecule has 8 nitrogen and oxygen atoms in total. The van der Waals surface area contributed by atoms with Crippen molar-refractivity contribution in [2.24, 2.45) is 0 Å². The van der Waals surface area contributed by atoms with Crippen LogP contribution in [0.2, 0.25) is 0 Å². The number of carbonyl (C=O) groups is 1. The van der Waals surface area contributed by atoms with Gasteiger partial charge in [-0.15, -0.1) is 0 Å². The van der Waals surface area contributed by atoms with E-state index in [9.17, 15) is 30.0 Å². The number of phenolic OH excluding ortho intramolecular Hbond substituents is 2. The van der Waals surface area contributed by atoms with Gasteiger partial charge in [0.2, 0.25) is 0 Å². The first kappa shape index (κ1) is 20.9. The van der Waals surface area contributed by atoms with Gasteiger partial charge in [0.05, 0.1) is 11.5 Å². The number of aliphatic hydroxyl groups excluding tert-OH is 1. The normalized spacial score (nSPS) is 12.0. The van der Waals surface area contributed by atoms with Gasteiger partial charge in [0.1, 0.15) is 17.1 Å². The molecule has 0 aliphatic heterocycles. The molecule has 156 valence electrons. The first-order valence-electron chi connectivity index (χ1n) is 9.05. The van der Waals surface area contributed by atoms with Gasteiger partial charge >= 0.3 is 5.63 Å². The third-order valence-corrected chi connectivity index (χ3v) is 4.83. The van der Waals surface area contributed by atoms with Gasteiger partial charge < -0.3 is 30.2 Å². The van der Waals surface area contributed by atoms with Crippen LogP contribution < -0.4 is 10.9 Å². The highest BCUT2D eigenvalue weighted by Crippen LogP contribution is 2.34. The lowest BCUT2D eigenvalue weighted by Crippen LogP contribution is -2.19. The fourth-order valence-electron chi connectivity index (χ4n) is 2.94. The summed E-state index contributed by atoms with van der Waals surface area (Å²) in [5, 5.41) is 42.7. The van der Waals surface area contributed by atoms with E-state index < -0.39 is 29.1 Å². The largest absolute Gasteiger partial charge is 0.508 e. The van der Waals surface area contributed by atoms with E-state index in [2.05, 4.69) is 11.9 Å². The number of aryl methyl sites for hydroxylation is 1. The van der Waals surface area contributed by atoms with Crippen LogP contribution in [0, 0.1) is 6.92 Å². The molecule has 0 aliphatic carbocycles. The van der Waals surface area contributed by atoms with Crippen LogP contribution in [0.25, 0.3) is 11.0 Å². The highest BCUT2D eigenvalue weighted by molar-refractivity contribution is 6.06. The Labute approximate surface area is 171 Å². The van der Waals surface area contributed by atoms with Crippen LogP contribution in [0.3, 0.4) is 0 Å². The van der Waals surface area contributed by atoms with Crippen LogP contribution in [-0.2, 0) is 6.42 Å². The fraction of sp³-hybridized carbons (Fsp3) is 0.182. The number of aromatic hydroxyl groups is 3. The van der Waals surface area contributed by atoms with E-state index in [1.54, 1.807) is 6.92 Å². The molecule has 0 aliphatic rings. The lowest BCUT2D eigenvalue weighted by Gasteiger charge is -2.13. The molecule has 30 heavy (non-hydrogen) atoms. The number of rotatable bonds is 5. The number of amides is 1. The summed E-state index contributed by atoms with van der Waals surface area (Å²) in [4.78, 5) is 25.0. The van der Waals surface area contributed by atoms with Gasteiger partial charge in [-0.3, -0.25) is 4.79 Å². The number of carbonyl (C=O) groups excluding carboxylic acids is 1. The summed E-state index contributed by atoms with van der Waals surface area (Å²) >= 11 is 0. The highest BCUT2D eigenvalue weighted by atomic mass is 16.4. The molecule has 1 heterocycles. The standard InChI is InChI=1S/C22H21NO7/c1-10(2)17(26)9-13-8-12(4-6-16(13)25)21(28)23-18-19(27)14-5-7-15(24)11(3)20(14)30-22(18)29/h4-8,17,24-27H,1,9H2,2-3H3,(H,23,28)/t17-/m0/s1. The topological polar surface area (TPSA) is 140 Å². The summed E-state index contributed by atoms with van der Waals surface area (Å²) in [6.07, 6.45) is -0.848. The molecule has 8 heteroatoms. The minimum atomic E-state index is -0.987. The number of anilines is 1. The van der Waals surface area contributed by atoms with Gasteiger partial charge in [-0.1, -0.05) is 12.2 Å².